The van der Waals surface area contributed by atoms with Crippen LogP contribution in [0.25, 0.3) is 0 Å². The van der Waals surface area contributed by atoms with Crippen molar-refractivity contribution in [3.8, 4) is 0 Å². The second kappa shape index (κ2) is 7.25. The van der Waals surface area contributed by atoms with Gasteiger partial charge in [0.2, 0.25) is 11.8 Å². The smallest absolute Gasteiger partial charge is 0.228 e. The molecule has 0 aliphatic carbocycles. The number of hydrogen-bond acceptors (Lipinski definition) is 3. The molecule has 5 nitrogen and oxygen atoms in total. The van der Waals surface area contributed by atoms with Crippen molar-refractivity contribution in [2.24, 2.45) is 5.92 Å². The third kappa shape index (κ3) is 3.79. The van der Waals surface area contributed by atoms with E-state index in [-0.39, 0.29) is 17.7 Å². The number of carbonyl (C=O) groups excluding carboxylic acids is 2. The lowest BCUT2D eigenvalue weighted by Crippen LogP contribution is -2.34. The largest absolute Gasteiger partial charge is 0.341 e. The van der Waals surface area contributed by atoms with Crippen LogP contribution in [0.1, 0.15) is 17.5 Å². The maximum absolute atomic E-state index is 12.6. The van der Waals surface area contributed by atoms with Crippen molar-refractivity contribution in [3.63, 3.8) is 0 Å². The molecule has 1 aliphatic rings. The maximum Gasteiger partial charge on any atom is 0.228 e. The van der Waals surface area contributed by atoms with Crippen LogP contribution in [0.5, 0.6) is 0 Å². The fourth-order valence-electron chi connectivity index (χ4n) is 3.05. The van der Waals surface area contributed by atoms with Crippen LogP contribution in [0.15, 0.2) is 54.9 Å². The van der Waals surface area contributed by atoms with E-state index in [2.05, 4.69) is 4.98 Å². The van der Waals surface area contributed by atoms with Gasteiger partial charge in [0.15, 0.2) is 0 Å². The summed E-state index contributed by atoms with van der Waals surface area (Å²) < 4.78 is 0. The van der Waals surface area contributed by atoms with Crippen LogP contribution in [-0.4, -0.2) is 40.2 Å². The lowest BCUT2D eigenvalue weighted by molar-refractivity contribution is -0.135. The van der Waals surface area contributed by atoms with Gasteiger partial charge in [0.25, 0.3) is 0 Å². The fraction of sp³-hybridized carbons (Fsp3) is 0.316. The SMILES string of the molecule is CN(Cc1cccnc1)C(=O)C1CC(=O)N(Cc2ccccc2)C1. The molecule has 0 spiro atoms. The Morgan fingerprint density at radius 1 is 1.21 bits per heavy atom. The van der Waals surface area contributed by atoms with Gasteiger partial charge in [-0.25, -0.2) is 0 Å². The number of benzene rings is 1. The van der Waals surface area contributed by atoms with Gasteiger partial charge in [0.05, 0.1) is 5.92 Å². The summed E-state index contributed by atoms with van der Waals surface area (Å²) in [5, 5.41) is 0. The van der Waals surface area contributed by atoms with Crippen molar-refractivity contribution in [1.29, 1.82) is 0 Å². The van der Waals surface area contributed by atoms with Crippen LogP contribution in [0, 0.1) is 5.92 Å². The van der Waals surface area contributed by atoms with Crippen LogP contribution in [0.3, 0.4) is 0 Å². The van der Waals surface area contributed by atoms with Crippen LogP contribution < -0.4 is 0 Å². The normalized spacial score (nSPS) is 17.1. The standard InChI is InChI=1S/C19H21N3O2/c1-21(12-16-8-5-9-20-11-16)19(24)17-10-18(23)22(14-17)13-15-6-3-2-4-7-15/h2-9,11,17H,10,12-14H2,1H3. The molecule has 1 fully saturated rings. The Morgan fingerprint density at radius 2 is 1.96 bits per heavy atom. The first-order valence-corrected chi connectivity index (χ1v) is 8.09. The molecule has 2 aromatic rings. The molecule has 0 bridgehead atoms. The summed E-state index contributed by atoms with van der Waals surface area (Å²) in [5.41, 5.74) is 2.07. The fourth-order valence-corrected chi connectivity index (χ4v) is 3.05. The monoisotopic (exact) mass is 323 g/mol. The van der Waals surface area contributed by atoms with Crippen LogP contribution in [0.2, 0.25) is 0 Å². The molecule has 0 radical (unpaired) electrons. The zero-order valence-corrected chi connectivity index (χ0v) is 13.8. The highest BCUT2D eigenvalue weighted by molar-refractivity contribution is 5.89. The van der Waals surface area contributed by atoms with E-state index in [4.69, 9.17) is 0 Å². The molecular formula is C19H21N3O2. The van der Waals surface area contributed by atoms with Crippen molar-refractivity contribution >= 4 is 11.8 Å². The number of amides is 2. The minimum atomic E-state index is -0.261. The molecule has 0 N–H and O–H groups in total. The zero-order chi connectivity index (χ0) is 16.9. The zero-order valence-electron chi connectivity index (χ0n) is 13.8. The summed E-state index contributed by atoms with van der Waals surface area (Å²) in [6, 6.07) is 13.7. The summed E-state index contributed by atoms with van der Waals surface area (Å²) in [4.78, 5) is 32.4. The first-order valence-electron chi connectivity index (χ1n) is 8.09. The first-order chi connectivity index (χ1) is 11.6. The summed E-state index contributed by atoms with van der Waals surface area (Å²) in [6.45, 7) is 1.57. The highest BCUT2D eigenvalue weighted by Gasteiger charge is 2.35. The Bertz CT molecular complexity index is 703. The quantitative estimate of drug-likeness (QED) is 0.846. The molecule has 0 saturated carbocycles. The van der Waals surface area contributed by atoms with E-state index in [9.17, 15) is 9.59 Å². The summed E-state index contributed by atoms with van der Waals surface area (Å²) in [7, 11) is 1.78. The summed E-state index contributed by atoms with van der Waals surface area (Å²) in [6.07, 6.45) is 3.76. The van der Waals surface area contributed by atoms with E-state index in [1.165, 1.54) is 0 Å². The maximum atomic E-state index is 12.6. The molecule has 1 atom stereocenters. The number of carbonyl (C=O) groups is 2. The number of pyridine rings is 1. The third-order valence-corrected chi connectivity index (χ3v) is 4.30. The van der Waals surface area contributed by atoms with Crippen molar-refractivity contribution in [2.75, 3.05) is 13.6 Å². The van der Waals surface area contributed by atoms with E-state index in [1.807, 2.05) is 42.5 Å². The van der Waals surface area contributed by atoms with Crippen LogP contribution in [0.4, 0.5) is 0 Å². The van der Waals surface area contributed by atoms with Crippen LogP contribution in [-0.2, 0) is 22.7 Å². The number of rotatable bonds is 5. The Balaban J connectivity index is 1.59. The second-order valence-corrected chi connectivity index (χ2v) is 6.22. The molecule has 1 aromatic carbocycles. The molecular weight excluding hydrogens is 302 g/mol. The molecule has 1 aliphatic heterocycles. The highest BCUT2D eigenvalue weighted by Crippen LogP contribution is 2.22. The lowest BCUT2D eigenvalue weighted by atomic mass is 10.1. The van der Waals surface area contributed by atoms with Crippen molar-refractivity contribution in [2.45, 2.75) is 19.5 Å². The van der Waals surface area contributed by atoms with Gasteiger partial charge in [-0.2, -0.15) is 0 Å². The Kier molecular flexibility index (Phi) is 4.89. The third-order valence-electron chi connectivity index (χ3n) is 4.30. The molecule has 1 saturated heterocycles. The van der Waals surface area contributed by atoms with Gasteiger partial charge in [-0.1, -0.05) is 36.4 Å². The van der Waals surface area contributed by atoms with Crippen molar-refractivity contribution < 1.29 is 9.59 Å². The average molecular weight is 323 g/mol. The van der Waals surface area contributed by atoms with Gasteiger partial charge in [-0.05, 0) is 17.2 Å². The first kappa shape index (κ1) is 16.2. The minimum absolute atomic E-state index is 0.0164. The van der Waals surface area contributed by atoms with Crippen molar-refractivity contribution in [3.05, 3.63) is 66.0 Å². The number of nitrogens with zero attached hydrogens (tertiary/aromatic N) is 3. The van der Waals surface area contributed by atoms with Gasteiger partial charge >= 0.3 is 0 Å². The lowest BCUT2D eigenvalue weighted by Gasteiger charge is -2.21. The Labute approximate surface area is 141 Å². The van der Waals surface area contributed by atoms with Gasteiger partial charge < -0.3 is 9.80 Å². The van der Waals surface area contributed by atoms with Gasteiger partial charge in [0, 0.05) is 45.5 Å². The molecule has 24 heavy (non-hydrogen) atoms. The molecule has 1 aromatic heterocycles. The molecule has 2 heterocycles. The van der Waals surface area contributed by atoms with Crippen LogP contribution >= 0.6 is 0 Å². The predicted molar refractivity (Wildman–Crippen MR) is 90.7 cm³/mol. The second-order valence-electron chi connectivity index (χ2n) is 6.22. The predicted octanol–water partition coefficient (Wildman–Crippen LogP) is 2.09. The molecule has 2 amide bonds. The summed E-state index contributed by atoms with van der Waals surface area (Å²) >= 11 is 0. The van der Waals surface area contributed by atoms with E-state index in [0.717, 1.165) is 11.1 Å². The Morgan fingerprint density at radius 3 is 2.67 bits per heavy atom. The summed E-state index contributed by atoms with van der Waals surface area (Å²) in [5.74, 6) is -0.197. The number of aromatic nitrogens is 1. The highest BCUT2D eigenvalue weighted by atomic mass is 16.2. The van der Waals surface area contributed by atoms with E-state index < -0.39 is 0 Å². The topological polar surface area (TPSA) is 53.5 Å². The van der Waals surface area contributed by atoms with Gasteiger partial charge in [0.1, 0.15) is 0 Å². The van der Waals surface area contributed by atoms with Gasteiger partial charge in [-0.3, -0.25) is 14.6 Å². The molecule has 124 valence electrons. The molecule has 3 rings (SSSR count). The number of likely N-dealkylation sites (tertiary alicyclic amines) is 1. The number of hydrogen-bond donors (Lipinski definition) is 0. The van der Waals surface area contributed by atoms with Gasteiger partial charge in [-0.15, -0.1) is 0 Å². The van der Waals surface area contributed by atoms with E-state index >= 15 is 0 Å². The molecule has 5 heteroatoms. The average Bonchev–Trinajstić information content (AvgIpc) is 2.96. The Hall–Kier alpha value is -2.69. The minimum Gasteiger partial charge on any atom is -0.341 e. The van der Waals surface area contributed by atoms with E-state index in [1.54, 1.807) is 29.2 Å². The molecule has 1 unspecified atom stereocenters. The van der Waals surface area contributed by atoms with E-state index in [0.29, 0.717) is 26.1 Å². The van der Waals surface area contributed by atoms with Crippen molar-refractivity contribution in [1.82, 2.24) is 14.8 Å².